The Bertz CT molecular complexity index is 1110. The first-order valence-corrected chi connectivity index (χ1v) is 9.57. The number of para-hydroxylation sites is 3. The van der Waals surface area contributed by atoms with Crippen LogP contribution in [0.5, 0.6) is 5.75 Å². The number of hydrogen-bond acceptors (Lipinski definition) is 4. The molecule has 2 heterocycles. The lowest BCUT2D eigenvalue weighted by molar-refractivity contribution is -0.116. The maximum absolute atomic E-state index is 12.8. The van der Waals surface area contributed by atoms with Crippen LogP contribution in [0.25, 0.3) is 11.0 Å². The lowest BCUT2D eigenvalue weighted by Gasteiger charge is -2.13. The fourth-order valence-electron chi connectivity index (χ4n) is 3.23. The molecule has 2 aromatic carbocycles. The summed E-state index contributed by atoms with van der Waals surface area (Å²) in [5, 5.41) is 7.21. The molecule has 29 heavy (non-hydrogen) atoms. The third kappa shape index (κ3) is 4.13. The van der Waals surface area contributed by atoms with Crippen LogP contribution in [0.3, 0.4) is 0 Å². The summed E-state index contributed by atoms with van der Waals surface area (Å²) < 4.78 is 9.54. The first-order chi connectivity index (χ1) is 14.1. The number of amides is 1. The molecule has 0 saturated carbocycles. The Hall–Kier alpha value is -3.61. The highest BCUT2D eigenvalue weighted by molar-refractivity contribution is 5.91. The van der Waals surface area contributed by atoms with Crippen molar-refractivity contribution in [1.29, 1.82) is 0 Å². The Morgan fingerprint density at radius 3 is 2.62 bits per heavy atom. The summed E-state index contributed by atoms with van der Waals surface area (Å²) in [4.78, 5) is 17.4. The molecule has 7 heteroatoms. The Morgan fingerprint density at radius 1 is 1.07 bits per heavy atom. The van der Waals surface area contributed by atoms with E-state index in [9.17, 15) is 4.79 Å². The lowest BCUT2D eigenvalue weighted by Crippen LogP contribution is -2.22. The van der Waals surface area contributed by atoms with Crippen LogP contribution in [-0.2, 0) is 17.9 Å². The van der Waals surface area contributed by atoms with Gasteiger partial charge in [0, 0.05) is 12.1 Å². The third-order valence-electron chi connectivity index (χ3n) is 4.57. The lowest BCUT2D eigenvalue weighted by atomic mass is 10.3. The van der Waals surface area contributed by atoms with E-state index in [0.29, 0.717) is 11.6 Å². The van der Waals surface area contributed by atoms with Gasteiger partial charge in [-0.3, -0.25) is 4.79 Å². The maximum atomic E-state index is 12.8. The van der Waals surface area contributed by atoms with Crippen LogP contribution >= 0.6 is 0 Å². The number of benzene rings is 2. The van der Waals surface area contributed by atoms with Crippen molar-refractivity contribution in [2.24, 2.45) is 0 Å². The monoisotopic (exact) mass is 389 g/mol. The first-order valence-electron chi connectivity index (χ1n) is 9.57. The largest absolute Gasteiger partial charge is 0.486 e. The summed E-state index contributed by atoms with van der Waals surface area (Å²) in [6, 6.07) is 19.3. The summed E-state index contributed by atoms with van der Waals surface area (Å²) in [7, 11) is 0. The Kier molecular flexibility index (Phi) is 5.29. The standard InChI is InChI=1S/C22H23N5O2/c1-16(2)27-20(12-13-23-27)25-22(28)14-26-19-11-7-6-10-18(19)24-21(26)15-29-17-8-4-3-5-9-17/h3-13,16H,14-15H2,1-2H3,(H,25,28). The molecule has 0 spiro atoms. The molecule has 7 nitrogen and oxygen atoms in total. The van der Waals surface area contributed by atoms with Crippen LogP contribution in [-0.4, -0.2) is 25.2 Å². The molecular weight excluding hydrogens is 366 g/mol. The minimum absolute atomic E-state index is 0.136. The molecule has 2 aromatic heterocycles. The van der Waals surface area contributed by atoms with Crippen molar-refractivity contribution < 1.29 is 9.53 Å². The Balaban J connectivity index is 1.56. The molecule has 0 bridgehead atoms. The van der Waals surface area contributed by atoms with Crippen LogP contribution in [0.15, 0.2) is 66.9 Å². The van der Waals surface area contributed by atoms with Gasteiger partial charge in [-0.2, -0.15) is 5.10 Å². The SMILES string of the molecule is CC(C)n1nccc1NC(=O)Cn1c(COc2ccccc2)nc2ccccc21. The molecule has 0 aliphatic heterocycles. The number of ether oxygens (including phenoxy) is 1. The van der Waals surface area contributed by atoms with Gasteiger partial charge in [-0.05, 0) is 38.1 Å². The molecule has 0 fully saturated rings. The summed E-state index contributed by atoms with van der Waals surface area (Å²) in [5.41, 5.74) is 1.73. The van der Waals surface area contributed by atoms with E-state index in [1.165, 1.54) is 0 Å². The van der Waals surface area contributed by atoms with Gasteiger partial charge in [-0.1, -0.05) is 30.3 Å². The minimum atomic E-state index is -0.142. The van der Waals surface area contributed by atoms with E-state index < -0.39 is 0 Å². The van der Waals surface area contributed by atoms with Crippen molar-refractivity contribution in [2.45, 2.75) is 33.0 Å². The molecule has 0 saturated heterocycles. The molecule has 0 atom stereocenters. The van der Waals surface area contributed by atoms with Crippen molar-refractivity contribution in [1.82, 2.24) is 19.3 Å². The number of hydrogen-bond donors (Lipinski definition) is 1. The van der Waals surface area contributed by atoms with Gasteiger partial charge < -0.3 is 14.6 Å². The summed E-state index contributed by atoms with van der Waals surface area (Å²) in [6.45, 7) is 4.45. The normalized spacial score (nSPS) is 11.1. The van der Waals surface area contributed by atoms with Crippen LogP contribution in [0.2, 0.25) is 0 Å². The van der Waals surface area contributed by atoms with Crippen LogP contribution in [0.1, 0.15) is 25.7 Å². The second-order valence-electron chi connectivity index (χ2n) is 7.01. The summed E-state index contributed by atoms with van der Waals surface area (Å²) >= 11 is 0. The van der Waals surface area contributed by atoms with Gasteiger partial charge in [-0.15, -0.1) is 0 Å². The van der Waals surface area contributed by atoms with Crippen molar-refractivity contribution >= 4 is 22.8 Å². The minimum Gasteiger partial charge on any atom is -0.486 e. The predicted octanol–water partition coefficient (Wildman–Crippen LogP) is 4.03. The quantitative estimate of drug-likeness (QED) is 0.518. The molecule has 4 aromatic rings. The van der Waals surface area contributed by atoms with Crippen molar-refractivity contribution in [2.75, 3.05) is 5.32 Å². The molecule has 148 valence electrons. The van der Waals surface area contributed by atoms with E-state index in [4.69, 9.17) is 4.74 Å². The summed E-state index contributed by atoms with van der Waals surface area (Å²) in [5.74, 6) is 1.99. The molecule has 0 radical (unpaired) electrons. The van der Waals surface area contributed by atoms with Crippen molar-refractivity contribution in [3.05, 3.63) is 72.7 Å². The van der Waals surface area contributed by atoms with E-state index in [1.54, 1.807) is 16.9 Å². The van der Waals surface area contributed by atoms with E-state index in [2.05, 4.69) is 15.4 Å². The second kappa shape index (κ2) is 8.18. The molecule has 1 N–H and O–H groups in total. The molecule has 4 rings (SSSR count). The predicted molar refractivity (Wildman–Crippen MR) is 112 cm³/mol. The first kappa shape index (κ1) is 18.7. The van der Waals surface area contributed by atoms with Gasteiger partial charge in [0.05, 0.1) is 17.2 Å². The number of nitrogens with one attached hydrogen (secondary N) is 1. The fraction of sp³-hybridized carbons (Fsp3) is 0.227. The Labute approximate surface area is 168 Å². The van der Waals surface area contributed by atoms with Crippen LogP contribution in [0, 0.1) is 0 Å². The van der Waals surface area contributed by atoms with E-state index in [0.717, 1.165) is 16.8 Å². The molecule has 0 aliphatic rings. The van der Waals surface area contributed by atoms with Gasteiger partial charge in [-0.25, -0.2) is 9.67 Å². The number of nitrogens with zero attached hydrogens (tertiary/aromatic N) is 4. The third-order valence-corrected chi connectivity index (χ3v) is 4.57. The van der Waals surface area contributed by atoms with E-state index in [1.807, 2.05) is 73.0 Å². The van der Waals surface area contributed by atoms with E-state index >= 15 is 0 Å². The second-order valence-corrected chi connectivity index (χ2v) is 7.01. The number of fused-ring (bicyclic) bond motifs is 1. The topological polar surface area (TPSA) is 74.0 Å². The van der Waals surface area contributed by atoms with Gasteiger partial charge in [0.15, 0.2) is 0 Å². The van der Waals surface area contributed by atoms with Gasteiger partial charge in [0.25, 0.3) is 0 Å². The van der Waals surface area contributed by atoms with Gasteiger partial charge in [0.2, 0.25) is 5.91 Å². The molecule has 0 unspecified atom stereocenters. The zero-order valence-corrected chi connectivity index (χ0v) is 16.4. The van der Waals surface area contributed by atoms with Crippen LogP contribution < -0.4 is 10.1 Å². The smallest absolute Gasteiger partial charge is 0.245 e. The van der Waals surface area contributed by atoms with Crippen molar-refractivity contribution in [3.63, 3.8) is 0 Å². The number of aromatic nitrogens is 4. The molecule has 0 aliphatic carbocycles. The zero-order chi connectivity index (χ0) is 20.2. The highest BCUT2D eigenvalue weighted by Crippen LogP contribution is 2.19. The average Bonchev–Trinajstić information content (AvgIpc) is 3.32. The highest BCUT2D eigenvalue weighted by atomic mass is 16.5. The number of anilines is 1. The number of rotatable bonds is 7. The fourth-order valence-corrected chi connectivity index (χ4v) is 3.23. The Morgan fingerprint density at radius 2 is 1.83 bits per heavy atom. The van der Waals surface area contributed by atoms with Gasteiger partial charge >= 0.3 is 0 Å². The number of imidazole rings is 1. The highest BCUT2D eigenvalue weighted by Gasteiger charge is 2.16. The maximum Gasteiger partial charge on any atom is 0.245 e. The number of carbonyl (C=O) groups excluding carboxylic acids is 1. The molecule has 1 amide bonds. The van der Waals surface area contributed by atoms with Crippen molar-refractivity contribution in [3.8, 4) is 5.75 Å². The zero-order valence-electron chi connectivity index (χ0n) is 16.4. The van der Waals surface area contributed by atoms with Crippen LogP contribution in [0.4, 0.5) is 5.82 Å². The average molecular weight is 389 g/mol. The summed E-state index contributed by atoms with van der Waals surface area (Å²) in [6.07, 6.45) is 1.68. The van der Waals surface area contributed by atoms with Gasteiger partial charge in [0.1, 0.15) is 30.5 Å². The number of carbonyl (C=O) groups is 1. The molecular formula is C22H23N5O2. The van der Waals surface area contributed by atoms with E-state index in [-0.39, 0.29) is 25.1 Å².